The van der Waals surface area contributed by atoms with Crippen molar-refractivity contribution in [3.05, 3.63) is 18.2 Å². The molecule has 80 valence electrons. The summed E-state index contributed by atoms with van der Waals surface area (Å²) in [4.78, 5) is 0. The highest BCUT2D eigenvalue weighted by molar-refractivity contribution is 7.92. The minimum absolute atomic E-state index is 0.264. The van der Waals surface area contributed by atoms with Gasteiger partial charge in [0.15, 0.2) is 5.82 Å². The lowest BCUT2D eigenvalue weighted by Crippen LogP contribution is -2.10. The van der Waals surface area contributed by atoms with Gasteiger partial charge in [-0.15, -0.1) is 0 Å². The Balaban J connectivity index is 2.57. The van der Waals surface area contributed by atoms with Crippen LogP contribution in [0, 0.1) is 0 Å². The van der Waals surface area contributed by atoms with Gasteiger partial charge < -0.3 is 5.73 Å². The lowest BCUT2D eigenvalue weighted by Gasteiger charge is -1.99. The van der Waals surface area contributed by atoms with Gasteiger partial charge in [-0.3, -0.25) is 9.82 Å². The van der Waals surface area contributed by atoms with Crippen LogP contribution in [0.25, 0.3) is 10.9 Å². The van der Waals surface area contributed by atoms with Gasteiger partial charge in [0.25, 0.3) is 0 Å². The number of aromatic nitrogens is 2. The average molecular weight is 226 g/mol. The fourth-order valence-corrected chi connectivity index (χ4v) is 1.79. The maximum absolute atomic E-state index is 11.0. The van der Waals surface area contributed by atoms with Crippen LogP contribution in [0.5, 0.6) is 0 Å². The van der Waals surface area contributed by atoms with Crippen molar-refractivity contribution < 1.29 is 8.42 Å². The maximum Gasteiger partial charge on any atom is 0.231 e. The second-order valence-electron chi connectivity index (χ2n) is 3.25. The number of hydrogen-bond acceptors (Lipinski definition) is 4. The van der Waals surface area contributed by atoms with Crippen LogP contribution in [0.4, 0.5) is 11.5 Å². The smallest absolute Gasteiger partial charge is 0.231 e. The molecule has 0 atom stereocenters. The first kappa shape index (κ1) is 9.78. The van der Waals surface area contributed by atoms with Crippen molar-refractivity contribution in [2.24, 2.45) is 0 Å². The quantitative estimate of drug-likeness (QED) is 0.649. The summed E-state index contributed by atoms with van der Waals surface area (Å²) in [5.74, 6) is 0.264. The molecule has 0 radical (unpaired) electrons. The number of anilines is 2. The van der Waals surface area contributed by atoms with Gasteiger partial charge >= 0.3 is 0 Å². The lowest BCUT2D eigenvalue weighted by atomic mass is 10.2. The van der Waals surface area contributed by atoms with E-state index in [1.54, 1.807) is 18.2 Å². The number of sulfonamides is 1. The van der Waals surface area contributed by atoms with Crippen LogP contribution >= 0.6 is 0 Å². The second kappa shape index (κ2) is 3.13. The van der Waals surface area contributed by atoms with Crippen molar-refractivity contribution in [1.29, 1.82) is 0 Å². The minimum Gasteiger partial charge on any atom is -0.399 e. The molecule has 0 spiro atoms. The molecule has 0 fully saturated rings. The molecule has 15 heavy (non-hydrogen) atoms. The molecule has 1 aromatic heterocycles. The van der Waals surface area contributed by atoms with Crippen LogP contribution < -0.4 is 10.5 Å². The molecule has 0 saturated carbocycles. The number of benzene rings is 1. The Morgan fingerprint density at radius 3 is 2.87 bits per heavy atom. The predicted molar refractivity (Wildman–Crippen MR) is 59.0 cm³/mol. The second-order valence-corrected chi connectivity index (χ2v) is 5.00. The van der Waals surface area contributed by atoms with Crippen molar-refractivity contribution >= 4 is 32.4 Å². The number of nitrogens with one attached hydrogen (secondary N) is 2. The number of H-pyrrole nitrogens is 1. The Bertz CT molecular complexity index is 602. The van der Waals surface area contributed by atoms with Gasteiger partial charge in [-0.2, -0.15) is 5.10 Å². The summed E-state index contributed by atoms with van der Waals surface area (Å²) in [7, 11) is -3.32. The fraction of sp³-hybridized carbons (Fsp3) is 0.125. The van der Waals surface area contributed by atoms with E-state index in [0.29, 0.717) is 11.1 Å². The zero-order valence-electron chi connectivity index (χ0n) is 7.98. The summed E-state index contributed by atoms with van der Waals surface area (Å²) >= 11 is 0. The van der Waals surface area contributed by atoms with E-state index in [1.807, 2.05) is 0 Å². The highest BCUT2D eigenvalue weighted by atomic mass is 32.2. The average Bonchev–Trinajstić information content (AvgIpc) is 2.46. The summed E-state index contributed by atoms with van der Waals surface area (Å²) in [5.41, 5.74) is 6.88. The fourth-order valence-electron chi connectivity index (χ4n) is 1.29. The van der Waals surface area contributed by atoms with Crippen LogP contribution in [0.3, 0.4) is 0 Å². The predicted octanol–water partition coefficient (Wildman–Crippen LogP) is 0.517. The van der Waals surface area contributed by atoms with Gasteiger partial charge in [-0.1, -0.05) is 0 Å². The Kier molecular flexibility index (Phi) is 2.04. The molecule has 2 rings (SSSR count). The van der Waals surface area contributed by atoms with Crippen molar-refractivity contribution in [3.63, 3.8) is 0 Å². The Hall–Kier alpha value is -1.76. The highest BCUT2D eigenvalue weighted by Crippen LogP contribution is 2.22. The van der Waals surface area contributed by atoms with Crippen LogP contribution in [0.15, 0.2) is 18.2 Å². The Morgan fingerprint density at radius 2 is 2.20 bits per heavy atom. The molecule has 1 aromatic carbocycles. The van der Waals surface area contributed by atoms with Gasteiger partial charge in [0.1, 0.15) is 0 Å². The van der Waals surface area contributed by atoms with Crippen LogP contribution in [0.2, 0.25) is 0 Å². The minimum atomic E-state index is -3.32. The topological polar surface area (TPSA) is 101 Å². The molecule has 0 aliphatic heterocycles. The van der Waals surface area contributed by atoms with Gasteiger partial charge in [0.2, 0.25) is 10.0 Å². The molecular weight excluding hydrogens is 216 g/mol. The van der Waals surface area contributed by atoms with E-state index in [0.717, 1.165) is 11.8 Å². The lowest BCUT2D eigenvalue weighted by molar-refractivity contribution is 0.606. The van der Waals surface area contributed by atoms with Crippen molar-refractivity contribution in [2.75, 3.05) is 16.7 Å². The highest BCUT2D eigenvalue weighted by Gasteiger charge is 2.09. The molecule has 0 aliphatic carbocycles. The zero-order valence-corrected chi connectivity index (χ0v) is 8.80. The molecular formula is C8H10N4O2S. The Morgan fingerprint density at radius 1 is 1.47 bits per heavy atom. The zero-order chi connectivity index (χ0) is 11.1. The number of nitrogens with zero attached hydrogens (tertiary/aromatic N) is 1. The molecule has 0 saturated heterocycles. The largest absolute Gasteiger partial charge is 0.399 e. The summed E-state index contributed by atoms with van der Waals surface area (Å²) in [6, 6.07) is 5.11. The van der Waals surface area contributed by atoms with E-state index in [-0.39, 0.29) is 5.82 Å². The molecule has 0 amide bonds. The van der Waals surface area contributed by atoms with Gasteiger partial charge in [-0.05, 0) is 18.2 Å². The standard InChI is InChI=1S/C8H10N4O2S/c1-15(13,14)12-8-6-4-5(9)2-3-7(6)10-11-8/h2-4H,9H2,1H3,(H2,10,11,12). The number of hydrogen-bond donors (Lipinski definition) is 3. The van der Waals surface area contributed by atoms with E-state index >= 15 is 0 Å². The third-order valence-electron chi connectivity index (χ3n) is 1.87. The first-order valence-corrected chi connectivity index (χ1v) is 6.06. The van der Waals surface area contributed by atoms with Gasteiger partial charge in [0, 0.05) is 11.1 Å². The molecule has 7 heteroatoms. The first-order chi connectivity index (χ1) is 6.96. The third kappa shape index (κ3) is 2.01. The molecule has 0 aliphatic rings. The van der Waals surface area contributed by atoms with Crippen molar-refractivity contribution in [2.45, 2.75) is 0 Å². The number of aromatic amines is 1. The van der Waals surface area contributed by atoms with Crippen molar-refractivity contribution in [3.8, 4) is 0 Å². The van der Waals surface area contributed by atoms with Crippen LogP contribution in [-0.4, -0.2) is 24.9 Å². The number of rotatable bonds is 2. The summed E-state index contributed by atoms with van der Waals surface area (Å²) in [6.07, 6.45) is 1.07. The SMILES string of the molecule is CS(=O)(=O)Nc1n[nH]c2ccc(N)cc12. The van der Waals surface area contributed by atoms with Crippen molar-refractivity contribution in [1.82, 2.24) is 10.2 Å². The molecule has 6 nitrogen and oxygen atoms in total. The molecule has 4 N–H and O–H groups in total. The van der Waals surface area contributed by atoms with Crippen LogP contribution in [0.1, 0.15) is 0 Å². The molecule has 2 aromatic rings. The molecule has 0 unspecified atom stereocenters. The van der Waals surface area contributed by atoms with E-state index in [2.05, 4.69) is 14.9 Å². The van der Waals surface area contributed by atoms with E-state index in [4.69, 9.17) is 5.73 Å². The number of fused-ring (bicyclic) bond motifs is 1. The van der Waals surface area contributed by atoms with E-state index < -0.39 is 10.0 Å². The van der Waals surface area contributed by atoms with Gasteiger partial charge in [-0.25, -0.2) is 8.42 Å². The van der Waals surface area contributed by atoms with E-state index in [1.165, 1.54) is 0 Å². The van der Waals surface area contributed by atoms with Gasteiger partial charge in [0.05, 0.1) is 11.8 Å². The van der Waals surface area contributed by atoms with Crippen LogP contribution in [-0.2, 0) is 10.0 Å². The molecule has 1 heterocycles. The maximum atomic E-state index is 11.0. The van der Waals surface area contributed by atoms with E-state index in [9.17, 15) is 8.42 Å². The number of nitrogen functional groups attached to an aromatic ring is 1. The summed E-state index contributed by atoms with van der Waals surface area (Å²) in [6.45, 7) is 0. The monoisotopic (exact) mass is 226 g/mol. The Labute approximate surface area is 86.5 Å². The molecule has 0 bridgehead atoms. The summed E-state index contributed by atoms with van der Waals surface area (Å²) in [5, 5.41) is 7.21. The first-order valence-electron chi connectivity index (χ1n) is 4.17. The number of nitrogens with two attached hydrogens (primary N) is 1. The third-order valence-corrected chi connectivity index (χ3v) is 2.43. The summed E-state index contributed by atoms with van der Waals surface area (Å²) < 4.78 is 24.4. The normalized spacial score (nSPS) is 11.8.